The van der Waals surface area contributed by atoms with Crippen LogP contribution in [-0.2, 0) is 34.7 Å². The van der Waals surface area contributed by atoms with Crippen LogP contribution in [0.5, 0.6) is 0 Å². The Balaban J connectivity index is 1.51. The maximum Gasteiger partial charge on any atom is 0.343 e. The lowest BCUT2D eigenvalue weighted by molar-refractivity contribution is -0.172. The van der Waals surface area contributed by atoms with Crippen molar-refractivity contribution in [3.05, 3.63) is 81.4 Å². The molecule has 9 heteroatoms. The van der Waals surface area contributed by atoms with Crippen LogP contribution < -0.4 is 16.6 Å². The molecule has 0 spiro atoms. The van der Waals surface area contributed by atoms with Gasteiger partial charge < -0.3 is 25.5 Å². The van der Waals surface area contributed by atoms with E-state index in [1.165, 1.54) is 0 Å². The second-order valence-corrected chi connectivity index (χ2v) is 9.16. The summed E-state index contributed by atoms with van der Waals surface area (Å²) in [5, 5.41) is 15.4. The van der Waals surface area contributed by atoms with Crippen molar-refractivity contribution < 1.29 is 14.6 Å². The number of pyridine rings is 3. The number of rotatable bonds is 5. The summed E-state index contributed by atoms with van der Waals surface area (Å²) in [5.41, 5.74) is 9.92. The number of nitrogens with zero attached hydrogens (tertiary/aromatic N) is 3. The van der Waals surface area contributed by atoms with Crippen molar-refractivity contribution in [1.82, 2.24) is 14.5 Å². The third-order valence-electron chi connectivity index (χ3n) is 7.16. The minimum absolute atomic E-state index is 0.0938. The predicted octanol–water partition coefficient (Wildman–Crippen LogP) is 2.71. The lowest BCUT2D eigenvalue weighted by Crippen LogP contribution is -2.44. The van der Waals surface area contributed by atoms with Gasteiger partial charge in [0.2, 0.25) is 0 Å². The SMILES string of the molecule is CC[C@@]1(O)C(=O)OCc2c1cc1n(c2=O)Cc2c-1nc1cccc(N)c1c2NCCc1ccccn1. The Labute approximate surface area is 206 Å². The first-order chi connectivity index (χ1) is 17.4. The number of ether oxygens (including phenoxy) is 1. The fourth-order valence-corrected chi connectivity index (χ4v) is 5.21. The van der Waals surface area contributed by atoms with Gasteiger partial charge in [0.15, 0.2) is 5.60 Å². The molecule has 0 amide bonds. The fourth-order valence-electron chi connectivity index (χ4n) is 5.21. The van der Waals surface area contributed by atoms with Crippen molar-refractivity contribution in [1.29, 1.82) is 0 Å². The van der Waals surface area contributed by atoms with Gasteiger partial charge in [0, 0.05) is 47.1 Å². The van der Waals surface area contributed by atoms with Crippen LogP contribution in [0.1, 0.15) is 35.7 Å². The molecule has 5 heterocycles. The van der Waals surface area contributed by atoms with Crippen LogP contribution in [-0.4, -0.2) is 32.2 Å². The molecule has 1 atom stereocenters. The van der Waals surface area contributed by atoms with Crippen molar-refractivity contribution in [2.75, 3.05) is 17.6 Å². The average Bonchev–Trinajstić information content (AvgIpc) is 3.26. The number of nitrogens with one attached hydrogen (secondary N) is 1. The summed E-state index contributed by atoms with van der Waals surface area (Å²) in [5.74, 6) is -0.740. The number of aliphatic hydroxyl groups is 1. The first kappa shape index (κ1) is 22.2. The molecule has 9 nitrogen and oxygen atoms in total. The molecule has 36 heavy (non-hydrogen) atoms. The van der Waals surface area contributed by atoms with Crippen LogP contribution >= 0.6 is 0 Å². The second-order valence-electron chi connectivity index (χ2n) is 9.16. The van der Waals surface area contributed by atoms with E-state index >= 15 is 0 Å². The number of carbonyl (C=O) groups is 1. The van der Waals surface area contributed by atoms with Gasteiger partial charge in [-0.3, -0.25) is 9.78 Å². The Hall–Kier alpha value is -4.24. The highest BCUT2D eigenvalue weighted by Crippen LogP contribution is 2.43. The van der Waals surface area contributed by atoms with Crippen LogP contribution in [0.25, 0.3) is 22.3 Å². The number of nitrogens with two attached hydrogens (primary N) is 1. The van der Waals surface area contributed by atoms with Crippen molar-refractivity contribution in [2.24, 2.45) is 0 Å². The lowest BCUT2D eigenvalue weighted by atomic mass is 9.86. The van der Waals surface area contributed by atoms with E-state index < -0.39 is 11.6 Å². The number of benzene rings is 1. The molecule has 4 aromatic rings. The molecule has 3 aromatic heterocycles. The second kappa shape index (κ2) is 8.17. The number of fused-ring (bicyclic) bond motifs is 5. The van der Waals surface area contributed by atoms with Crippen LogP contribution in [0.15, 0.2) is 53.5 Å². The molecule has 4 N–H and O–H groups in total. The van der Waals surface area contributed by atoms with Gasteiger partial charge in [-0.15, -0.1) is 0 Å². The quantitative estimate of drug-likeness (QED) is 0.257. The summed E-state index contributed by atoms with van der Waals surface area (Å²) in [7, 11) is 0. The highest BCUT2D eigenvalue weighted by atomic mass is 16.6. The standard InChI is InChI=1S/C27H25N5O4/c1-2-27(35)18-12-21-23-16(13-32(21)25(33)17(18)14-36-26(27)34)24(22-19(28)7-5-8-20(22)31-23)30-11-9-15-6-3-4-10-29-15/h3-8,10,12,35H,2,9,11,13-14,28H2,1H3,(H,30,31)/t27-/m0/s1. The average molecular weight is 484 g/mol. The van der Waals surface area contributed by atoms with Crippen LogP contribution in [0.3, 0.4) is 0 Å². The molecular formula is C27H25N5O4. The number of aromatic nitrogens is 3. The van der Waals surface area contributed by atoms with Crippen molar-refractivity contribution in [2.45, 2.75) is 38.5 Å². The molecule has 0 saturated heterocycles. The monoisotopic (exact) mass is 483 g/mol. The van der Waals surface area contributed by atoms with Gasteiger partial charge in [-0.25, -0.2) is 9.78 Å². The first-order valence-electron chi connectivity index (χ1n) is 11.9. The molecule has 0 saturated carbocycles. The largest absolute Gasteiger partial charge is 0.458 e. The third kappa shape index (κ3) is 3.20. The summed E-state index contributed by atoms with van der Waals surface area (Å²) >= 11 is 0. The van der Waals surface area contributed by atoms with E-state index in [-0.39, 0.29) is 18.6 Å². The topological polar surface area (TPSA) is 132 Å². The van der Waals surface area contributed by atoms with E-state index in [0.717, 1.165) is 22.3 Å². The Kier molecular flexibility index (Phi) is 5.04. The third-order valence-corrected chi connectivity index (χ3v) is 7.16. The highest BCUT2D eigenvalue weighted by molar-refractivity contribution is 6.04. The zero-order valence-electron chi connectivity index (χ0n) is 19.7. The van der Waals surface area contributed by atoms with E-state index in [1.807, 2.05) is 36.4 Å². The molecule has 6 rings (SSSR count). The summed E-state index contributed by atoms with van der Waals surface area (Å²) in [6.45, 7) is 2.42. The number of nitrogen functional groups attached to an aromatic ring is 1. The molecule has 1 aromatic carbocycles. The number of hydrogen-bond donors (Lipinski definition) is 3. The zero-order chi connectivity index (χ0) is 25.0. The van der Waals surface area contributed by atoms with Gasteiger partial charge in [-0.05, 0) is 36.8 Å². The molecule has 182 valence electrons. The fraction of sp³-hybridized carbons (Fsp3) is 0.259. The van der Waals surface area contributed by atoms with Gasteiger partial charge >= 0.3 is 5.97 Å². The summed E-state index contributed by atoms with van der Waals surface area (Å²) in [6.07, 6.45) is 2.57. The number of hydrogen-bond acceptors (Lipinski definition) is 8. The van der Waals surface area contributed by atoms with E-state index in [4.69, 9.17) is 15.5 Å². The number of anilines is 2. The first-order valence-corrected chi connectivity index (χ1v) is 11.9. The van der Waals surface area contributed by atoms with Crippen molar-refractivity contribution >= 4 is 28.2 Å². The lowest BCUT2D eigenvalue weighted by Gasteiger charge is -2.31. The summed E-state index contributed by atoms with van der Waals surface area (Å²) in [6, 6.07) is 13.1. The molecule has 0 fully saturated rings. The Morgan fingerprint density at radius 2 is 2.06 bits per heavy atom. The maximum absolute atomic E-state index is 13.5. The molecule has 0 bridgehead atoms. The maximum atomic E-state index is 13.5. The predicted molar refractivity (Wildman–Crippen MR) is 135 cm³/mol. The summed E-state index contributed by atoms with van der Waals surface area (Å²) in [4.78, 5) is 35.2. The molecule has 2 aliphatic rings. The smallest absolute Gasteiger partial charge is 0.343 e. The van der Waals surface area contributed by atoms with Crippen LogP contribution in [0.2, 0.25) is 0 Å². The minimum Gasteiger partial charge on any atom is -0.458 e. The van der Waals surface area contributed by atoms with Gasteiger partial charge in [0.25, 0.3) is 5.56 Å². The van der Waals surface area contributed by atoms with Gasteiger partial charge in [-0.2, -0.15) is 0 Å². The van der Waals surface area contributed by atoms with E-state index in [0.29, 0.717) is 53.2 Å². The minimum atomic E-state index is -1.86. The number of esters is 1. The molecule has 0 aliphatic carbocycles. The normalized spacial score (nSPS) is 17.9. The summed E-state index contributed by atoms with van der Waals surface area (Å²) < 4.78 is 6.80. The molecule has 2 aliphatic heterocycles. The number of carbonyl (C=O) groups excluding carboxylic acids is 1. The van der Waals surface area contributed by atoms with Crippen LogP contribution in [0, 0.1) is 0 Å². The molecule has 0 radical (unpaired) electrons. The van der Waals surface area contributed by atoms with E-state index in [1.54, 1.807) is 23.8 Å². The van der Waals surface area contributed by atoms with Gasteiger partial charge in [0.1, 0.15) is 6.61 Å². The van der Waals surface area contributed by atoms with Gasteiger partial charge in [-0.1, -0.05) is 19.1 Å². The Bertz CT molecular complexity index is 1600. The zero-order valence-corrected chi connectivity index (χ0v) is 19.7. The highest BCUT2D eigenvalue weighted by Gasteiger charge is 2.45. The molecule has 0 unspecified atom stereocenters. The van der Waals surface area contributed by atoms with Gasteiger partial charge in [0.05, 0.1) is 34.7 Å². The van der Waals surface area contributed by atoms with E-state index in [2.05, 4.69) is 10.3 Å². The Morgan fingerprint density at radius 3 is 2.83 bits per heavy atom. The number of cyclic esters (lactones) is 1. The van der Waals surface area contributed by atoms with Crippen molar-refractivity contribution in [3.63, 3.8) is 0 Å². The molecular weight excluding hydrogens is 458 g/mol. The van der Waals surface area contributed by atoms with E-state index in [9.17, 15) is 14.7 Å². The van der Waals surface area contributed by atoms with Crippen molar-refractivity contribution in [3.8, 4) is 11.4 Å². The Morgan fingerprint density at radius 1 is 1.19 bits per heavy atom. The van der Waals surface area contributed by atoms with Crippen LogP contribution in [0.4, 0.5) is 11.4 Å².